The third-order valence-electron chi connectivity index (χ3n) is 3.13. The normalized spacial score (nSPS) is 10.6. The van der Waals surface area contributed by atoms with Gasteiger partial charge >= 0.3 is 0 Å². The van der Waals surface area contributed by atoms with Crippen molar-refractivity contribution in [1.29, 1.82) is 0 Å². The molecule has 0 spiro atoms. The predicted molar refractivity (Wildman–Crippen MR) is 82.7 cm³/mol. The third kappa shape index (κ3) is 4.07. The molecule has 2 aromatic rings. The van der Waals surface area contributed by atoms with Crippen LogP contribution in [0.4, 0.5) is 4.39 Å². The summed E-state index contributed by atoms with van der Waals surface area (Å²) in [6, 6.07) is 4.66. The summed E-state index contributed by atoms with van der Waals surface area (Å²) in [6.07, 6.45) is 5.22. The van der Waals surface area contributed by atoms with E-state index in [4.69, 9.17) is 0 Å². The van der Waals surface area contributed by atoms with Crippen molar-refractivity contribution < 1.29 is 9.18 Å². The first-order valence-corrected chi connectivity index (χ1v) is 8.10. The smallest absolute Gasteiger partial charge is 0.254 e. The van der Waals surface area contributed by atoms with Gasteiger partial charge in [-0.05, 0) is 36.4 Å². The minimum absolute atomic E-state index is 0.172. The maximum Gasteiger partial charge on any atom is 0.254 e. The first-order chi connectivity index (χ1) is 10.1. The second-order valence-electron chi connectivity index (χ2n) is 4.61. The lowest BCUT2D eigenvalue weighted by atomic mass is 10.1. The summed E-state index contributed by atoms with van der Waals surface area (Å²) in [5.41, 5.74) is 2.37. The molecule has 0 unspecified atom stereocenters. The van der Waals surface area contributed by atoms with Crippen molar-refractivity contribution in [1.82, 2.24) is 15.1 Å². The summed E-state index contributed by atoms with van der Waals surface area (Å²) >= 11 is 1.62. The fourth-order valence-corrected chi connectivity index (χ4v) is 2.57. The van der Waals surface area contributed by atoms with Gasteiger partial charge in [-0.15, -0.1) is 0 Å². The summed E-state index contributed by atoms with van der Waals surface area (Å²) in [7, 11) is 0. The second kappa shape index (κ2) is 7.26. The van der Waals surface area contributed by atoms with Gasteiger partial charge < -0.3 is 5.32 Å². The van der Waals surface area contributed by atoms with Crippen LogP contribution in [0, 0.1) is 5.82 Å². The van der Waals surface area contributed by atoms with E-state index in [1.54, 1.807) is 34.9 Å². The molecule has 21 heavy (non-hydrogen) atoms. The molecule has 1 N–H and O–H groups in total. The number of carbonyl (C=O) groups is 1. The molecule has 0 bridgehead atoms. The highest BCUT2D eigenvalue weighted by Crippen LogP contribution is 2.16. The van der Waals surface area contributed by atoms with E-state index in [-0.39, 0.29) is 11.7 Å². The van der Waals surface area contributed by atoms with E-state index in [1.165, 1.54) is 12.1 Å². The molecule has 2 rings (SSSR count). The Labute approximate surface area is 127 Å². The minimum Gasteiger partial charge on any atom is -0.348 e. The molecular formula is C15H18FN3OS. The minimum atomic E-state index is -0.252. The SMILES string of the molecule is CCn1cc(C(=O)NCc2ccc(F)cc2CSC)cn1. The van der Waals surface area contributed by atoms with E-state index in [0.29, 0.717) is 12.1 Å². The summed E-state index contributed by atoms with van der Waals surface area (Å²) in [5.74, 6) is 0.295. The van der Waals surface area contributed by atoms with E-state index in [2.05, 4.69) is 10.4 Å². The van der Waals surface area contributed by atoms with Gasteiger partial charge in [0.1, 0.15) is 5.82 Å². The number of halogens is 1. The highest BCUT2D eigenvalue weighted by Gasteiger charge is 2.10. The van der Waals surface area contributed by atoms with Crippen molar-refractivity contribution in [2.75, 3.05) is 6.26 Å². The van der Waals surface area contributed by atoms with E-state index in [1.807, 2.05) is 13.2 Å². The maximum absolute atomic E-state index is 13.3. The Morgan fingerprint density at radius 3 is 2.90 bits per heavy atom. The van der Waals surface area contributed by atoms with Crippen molar-refractivity contribution >= 4 is 17.7 Å². The van der Waals surface area contributed by atoms with Gasteiger partial charge in [-0.25, -0.2) is 4.39 Å². The zero-order valence-corrected chi connectivity index (χ0v) is 12.9. The fraction of sp³-hybridized carbons (Fsp3) is 0.333. The number of hydrogen-bond acceptors (Lipinski definition) is 3. The molecule has 0 aliphatic heterocycles. The standard InChI is InChI=1S/C15H18FN3OS/c1-3-19-9-13(8-18-19)15(20)17-7-11-4-5-14(16)6-12(11)10-21-2/h4-6,8-9H,3,7,10H2,1-2H3,(H,17,20). The van der Waals surface area contributed by atoms with Crippen LogP contribution in [0.2, 0.25) is 0 Å². The van der Waals surface area contributed by atoms with Gasteiger partial charge in [-0.1, -0.05) is 6.07 Å². The van der Waals surface area contributed by atoms with Gasteiger partial charge in [0.05, 0.1) is 11.8 Å². The third-order valence-corrected chi connectivity index (χ3v) is 3.73. The van der Waals surface area contributed by atoms with Crippen molar-refractivity contribution in [3.8, 4) is 0 Å². The Bertz CT molecular complexity index is 627. The maximum atomic E-state index is 13.3. The first kappa shape index (κ1) is 15.6. The van der Waals surface area contributed by atoms with Crippen molar-refractivity contribution in [2.45, 2.75) is 25.8 Å². The number of nitrogens with zero attached hydrogens (tertiary/aromatic N) is 2. The molecule has 0 saturated carbocycles. The molecule has 0 aliphatic carbocycles. The quantitative estimate of drug-likeness (QED) is 0.892. The summed E-state index contributed by atoms with van der Waals surface area (Å²) in [5, 5.41) is 6.92. The number of rotatable bonds is 6. The molecular weight excluding hydrogens is 289 g/mol. The summed E-state index contributed by atoms with van der Waals surface area (Å²) in [4.78, 5) is 12.0. The highest BCUT2D eigenvalue weighted by molar-refractivity contribution is 7.97. The van der Waals surface area contributed by atoms with Gasteiger partial charge in [0.25, 0.3) is 5.91 Å². The zero-order chi connectivity index (χ0) is 15.2. The number of benzene rings is 1. The van der Waals surface area contributed by atoms with Crippen LogP contribution in [0.3, 0.4) is 0 Å². The largest absolute Gasteiger partial charge is 0.348 e. The number of hydrogen-bond donors (Lipinski definition) is 1. The van der Waals surface area contributed by atoms with Crippen molar-refractivity contribution in [3.05, 3.63) is 53.1 Å². The molecule has 1 aromatic heterocycles. The van der Waals surface area contributed by atoms with E-state index >= 15 is 0 Å². The molecule has 112 valence electrons. The van der Waals surface area contributed by atoms with Gasteiger partial charge in [0.15, 0.2) is 0 Å². The lowest BCUT2D eigenvalue weighted by molar-refractivity contribution is 0.0951. The van der Waals surface area contributed by atoms with Gasteiger partial charge in [0.2, 0.25) is 0 Å². The Morgan fingerprint density at radius 1 is 1.43 bits per heavy atom. The molecule has 1 aromatic carbocycles. The van der Waals surface area contributed by atoms with E-state index in [9.17, 15) is 9.18 Å². The molecule has 1 heterocycles. The molecule has 6 heteroatoms. The summed E-state index contributed by atoms with van der Waals surface area (Å²) < 4.78 is 15.0. The van der Waals surface area contributed by atoms with Crippen molar-refractivity contribution in [3.63, 3.8) is 0 Å². The van der Waals surface area contributed by atoms with Crippen LogP contribution in [-0.4, -0.2) is 21.9 Å². The number of nitrogens with one attached hydrogen (secondary N) is 1. The number of thioether (sulfide) groups is 1. The van der Waals surface area contributed by atoms with Gasteiger partial charge in [-0.2, -0.15) is 16.9 Å². The monoisotopic (exact) mass is 307 g/mol. The van der Waals surface area contributed by atoms with Crippen molar-refractivity contribution in [2.24, 2.45) is 0 Å². The van der Waals surface area contributed by atoms with Crippen LogP contribution in [0.15, 0.2) is 30.6 Å². The Hall–Kier alpha value is -1.82. The van der Waals surface area contributed by atoms with Crippen LogP contribution in [0.5, 0.6) is 0 Å². The van der Waals surface area contributed by atoms with E-state index in [0.717, 1.165) is 23.4 Å². The number of carbonyl (C=O) groups excluding carboxylic acids is 1. The van der Waals surface area contributed by atoms with Crippen LogP contribution < -0.4 is 5.32 Å². The molecule has 0 aliphatic rings. The lowest BCUT2D eigenvalue weighted by Crippen LogP contribution is -2.23. The zero-order valence-electron chi connectivity index (χ0n) is 12.1. The number of aryl methyl sites for hydroxylation is 1. The van der Waals surface area contributed by atoms with Crippen LogP contribution in [-0.2, 0) is 18.8 Å². The van der Waals surface area contributed by atoms with Crippen LogP contribution >= 0.6 is 11.8 Å². The molecule has 4 nitrogen and oxygen atoms in total. The molecule has 0 radical (unpaired) electrons. The Morgan fingerprint density at radius 2 is 2.24 bits per heavy atom. The topological polar surface area (TPSA) is 46.9 Å². The van der Waals surface area contributed by atoms with Gasteiger partial charge in [-0.3, -0.25) is 9.48 Å². The number of aromatic nitrogens is 2. The summed E-state index contributed by atoms with van der Waals surface area (Å²) in [6.45, 7) is 3.07. The molecule has 0 fully saturated rings. The predicted octanol–water partition coefficient (Wildman–Crippen LogP) is 2.84. The van der Waals surface area contributed by atoms with Crippen LogP contribution in [0.1, 0.15) is 28.4 Å². The lowest BCUT2D eigenvalue weighted by Gasteiger charge is -2.09. The Kier molecular flexibility index (Phi) is 5.38. The molecule has 1 amide bonds. The van der Waals surface area contributed by atoms with E-state index < -0.39 is 0 Å². The molecule has 0 atom stereocenters. The van der Waals surface area contributed by atoms with Gasteiger partial charge in [0, 0.05) is 25.0 Å². The average molecular weight is 307 g/mol. The first-order valence-electron chi connectivity index (χ1n) is 6.71. The molecule has 0 saturated heterocycles. The second-order valence-corrected chi connectivity index (χ2v) is 5.48. The average Bonchev–Trinajstić information content (AvgIpc) is 2.95. The Balaban J connectivity index is 2.03. The number of amides is 1. The fourth-order valence-electron chi connectivity index (χ4n) is 1.99. The highest BCUT2D eigenvalue weighted by atomic mass is 32.2. The van der Waals surface area contributed by atoms with Crippen LogP contribution in [0.25, 0.3) is 0 Å².